The first-order valence-electron chi connectivity index (χ1n) is 13.6. The Labute approximate surface area is 242 Å². The van der Waals surface area contributed by atoms with Crippen molar-refractivity contribution < 1.29 is 42.5 Å². The van der Waals surface area contributed by atoms with Crippen LogP contribution in [-0.2, 0) is 20.9 Å². The number of amides is 3. The minimum absolute atomic E-state index is 0.0262. The molecule has 0 unspecified atom stereocenters. The molecular weight excluding hydrogens is 546 g/mol. The number of hydrogen-bond donors (Lipinski definition) is 2. The summed E-state index contributed by atoms with van der Waals surface area (Å²) in [6, 6.07) is 12.3. The maximum absolute atomic E-state index is 13.9. The van der Waals surface area contributed by atoms with E-state index in [1.54, 1.807) is 42.5 Å². The maximum Gasteiger partial charge on any atom is 0.287 e. The smallest absolute Gasteiger partial charge is 0.287 e. The maximum atomic E-state index is 13.9. The molecule has 2 aliphatic rings. The molecule has 1 fully saturated rings. The van der Waals surface area contributed by atoms with Crippen LogP contribution in [0.3, 0.4) is 0 Å². The van der Waals surface area contributed by atoms with Gasteiger partial charge in [0.1, 0.15) is 6.04 Å². The Morgan fingerprint density at radius 1 is 1.00 bits per heavy atom. The van der Waals surface area contributed by atoms with Crippen LogP contribution in [0.25, 0.3) is 0 Å². The number of nitrogens with one attached hydrogen (secondary N) is 2. The number of methoxy groups -OCH3 is 2. The third kappa shape index (κ3) is 6.60. The van der Waals surface area contributed by atoms with E-state index in [1.807, 2.05) is 0 Å². The number of carbonyl (C=O) groups excluding carboxylic acids is 3. The molecule has 3 aromatic rings. The van der Waals surface area contributed by atoms with Crippen LogP contribution in [0.1, 0.15) is 40.6 Å². The van der Waals surface area contributed by atoms with Crippen LogP contribution < -0.4 is 29.6 Å². The van der Waals surface area contributed by atoms with E-state index >= 15 is 0 Å². The lowest BCUT2D eigenvalue weighted by molar-refractivity contribution is -0.141. The third-order valence-electron chi connectivity index (χ3n) is 7.07. The van der Waals surface area contributed by atoms with E-state index in [-0.39, 0.29) is 31.7 Å². The number of carbonyl (C=O) groups is 3. The van der Waals surface area contributed by atoms with E-state index in [0.717, 1.165) is 12.8 Å². The SMILES string of the molecule is COc1ccc([C@@H](C(=O)NC[C@H]2CCCO2)N(Cc2ccc3c(c2)OCO3)C(=O)CNC(=O)c2ccco2)cc1OC. The molecule has 2 aromatic carbocycles. The minimum Gasteiger partial charge on any atom is -0.493 e. The van der Waals surface area contributed by atoms with Gasteiger partial charge in [-0.15, -0.1) is 0 Å². The fraction of sp³-hybridized carbons (Fsp3) is 0.367. The molecule has 12 nitrogen and oxygen atoms in total. The van der Waals surface area contributed by atoms with Crippen molar-refractivity contribution in [1.29, 1.82) is 0 Å². The minimum atomic E-state index is -1.09. The molecule has 1 aromatic heterocycles. The van der Waals surface area contributed by atoms with E-state index in [2.05, 4.69) is 10.6 Å². The Morgan fingerprint density at radius 3 is 2.57 bits per heavy atom. The second-order valence-corrected chi connectivity index (χ2v) is 9.77. The van der Waals surface area contributed by atoms with Crippen LogP contribution >= 0.6 is 0 Å². The van der Waals surface area contributed by atoms with Gasteiger partial charge in [0.15, 0.2) is 28.8 Å². The zero-order valence-corrected chi connectivity index (χ0v) is 23.4. The summed E-state index contributed by atoms with van der Waals surface area (Å²) in [5, 5.41) is 5.55. The lowest BCUT2D eigenvalue weighted by atomic mass is 10.0. The summed E-state index contributed by atoms with van der Waals surface area (Å²) in [5.41, 5.74) is 1.19. The van der Waals surface area contributed by atoms with Crippen LogP contribution in [0.2, 0.25) is 0 Å². The lowest BCUT2D eigenvalue weighted by Crippen LogP contribution is -2.48. The summed E-state index contributed by atoms with van der Waals surface area (Å²) in [7, 11) is 3.01. The van der Waals surface area contributed by atoms with Crippen LogP contribution in [0, 0.1) is 0 Å². The molecule has 0 saturated carbocycles. The molecule has 12 heteroatoms. The lowest BCUT2D eigenvalue weighted by Gasteiger charge is -2.32. The van der Waals surface area contributed by atoms with Gasteiger partial charge in [0.2, 0.25) is 18.6 Å². The molecule has 1 saturated heterocycles. The molecule has 0 bridgehead atoms. The molecule has 2 aliphatic heterocycles. The Hall–Kier alpha value is -4.71. The second-order valence-electron chi connectivity index (χ2n) is 9.77. The average Bonchev–Trinajstić information content (AvgIpc) is 3.81. The zero-order chi connectivity index (χ0) is 29.5. The van der Waals surface area contributed by atoms with Gasteiger partial charge in [-0.2, -0.15) is 0 Å². The van der Waals surface area contributed by atoms with Crippen LogP contribution in [-0.4, -0.2) is 69.4 Å². The van der Waals surface area contributed by atoms with Crippen molar-refractivity contribution in [3.63, 3.8) is 0 Å². The molecule has 0 spiro atoms. The van der Waals surface area contributed by atoms with E-state index in [9.17, 15) is 14.4 Å². The van der Waals surface area contributed by atoms with Gasteiger partial charge in [-0.05, 0) is 60.4 Å². The summed E-state index contributed by atoms with van der Waals surface area (Å²) in [6.07, 6.45) is 3.02. The molecule has 0 aliphatic carbocycles. The average molecular weight is 580 g/mol. The fourth-order valence-electron chi connectivity index (χ4n) is 4.92. The van der Waals surface area contributed by atoms with Crippen molar-refractivity contribution in [2.24, 2.45) is 0 Å². The highest BCUT2D eigenvalue weighted by atomic mass is 16.7. The first-order valence-corrected chi connectivity index (χ1v) is 13.6. The molecule has 0 radical (unpaired) electrons. The molecule has 5 rings (SSSR count). The Kier molecular flexibility index (Phi) is 9.12. The normalized spacial score (nSPS) is 16.0. The Balaban J connectivity index is 1.48. The Morgan fingerprint density at radius 2 is 1.83 bits per heavy atom. The van der Waals surface area contributed by atoms with Gasteiger partial charge in [-0.25, -0.2) is 0 Å². The number of benzene rings is 2. The first kappa shape index (κ1) is 28.8. The summed E-state index contributed by atoms with van der Waals surface area (Å²) in [5.74, 6) is 0.596. The number of furan rings is 1. The van der Waals surface area contributed by atoms with Gasteiger partial charge < -0.3 is 43.6 Å². The number of ether oxygens (including phenoxy) is 5. The van der Waals surface area contributed by atoms with Crippen LogP contribution in [0.15, 0.2) is 59.2 Å². The van der Waals surface area contributed by atoms with Gasteiger partial charge in [-0.3, -0.25) is 14.4 Å². The summed E-state index contributed by atoms with van der Waals surface area (Å²) in [4.78, 5) is 41.8. The predicted octanol–water partition coefficient (Wildman–Crippen LogP) is 2.82. The second kappa shape index (κ2) is 13.3. The van der Waals surface area contributed by atoms with Crippen molar-refractivity contribution in [2.45, 2.75) is 31.5 Å². The van der Waals surface area contributed by atoms with Gasteiger partial charge in [-0.1, -0.05) is 12.1 Å². The quantitative estimate of drug-likeness (QED) is 0.332. The summed E-state index contributed by atoms with van der Waals surface area (Å²) < 4.78 is 32.7. The fourth-order valence-corrected chi connectivity index (χ4v) is 4.92. The van der Waals surface area contributed by atoms with E-state index in [1.165, 1.54) is 31.4 Å². The molecular formula is C30H33N3O9. The highest BCUT2D eigenvalue weighted by molar-refractivity contribution is 5.95. The highest BCUT2D eigenvalue weighted by Gasteiger charge is 2.33. The van der Waals surface area contributed by atoms with Crippen LogP contribution in [0.5, 0.6) is 23.0 Å². The van der Waals surface area contributed by atoms with Crippen LogP contribution in [0.4, 0.5) is 0 Å². The summed E-state index contributed by atoms with van der Waals surface area (Å²) in [6.45, 7) is 0.680. The molecule has 3 amide bonds. The van der Waals surface area contributed by atoms with Crippen molar-refractivity contribution in [3.8, 4) is 23.0 Å². The molecule has 2 atom stereocenters. The highest BCUT2D eigenvalue weighted by Crippen LogP contribution is 2.35. The van der Waals surface area contributed by atoms with Crippen molar-refractivity contribution in [1.82, 2.24) is 15.5 Å². The number of nitrogens with zero attached hydrogens (tertiary/aromatic N) is 1. The molecule has 42 heavy (non-hydrogen) atoms. The zero-order valence-electron chi connectivity index (χ0n) is 23.4. The molecule has 3 heterocycles. The van der Waals surface area contributed by atoms with E-state index in [0.29, 0.717) is 47.3 Å². The van der Waals surface area contributed by atoms with Crippen molar-refractivity contribution in [2.75, 3.05) is 40.7 Å². The van der Waals surface area contributed by atoms with E-state index in [4.69, 9.17) is 28.1 Å². The monoisotopic (exact) mass is 579 g/mol. The molecule has 2 N–H and O–H groups in total. The largest absolute Gasteiger partial charge is 0.493 e. The summed E-state index contributed by atoms with van der Waals surface area (Å²) >= 11 is 0. The van der Waals surface area contributed by atoms with Crippen molar-refractivity contribution in [3.05, 3.63) is 71.7 Å². The third-order valence-corrected chi connectivity index (χ3v) is 7.07. The number of fused-ring (bicyclic) bond motifs is 1. The van der Waals surface area contributed by atoms with Gasteiger partial charge in [0.05, 0.1) is 33.1 Å². The first-order chi connectivity index (χ1) is 20.5. The van der Waals surface area contributed by atoms with Gasteiger partial charge in [0.25, 0.3) is 5.91 Å². The Bertz CT molecular complexity index is 1400. The number of hydrogen-bond acceptors (Lipinski definition) is 9. The number of rotatable bonds is 12. The standard InChI is InChI=1S/C30H33N3O9/c1-37-22-10-8-20(14-25(22)38-2)28(30(36)31-15-21-5-3-11-39-21)33(17-19-7-9-23-26(13-19)42-18-41-23)27(34)16-32-29(35)24-6-4-12-40-24/h4,6-10,12-14,21,28H,3,5,11,15-18H2,1-2H3,(H,31,36)(H,32,35)/t21-,28+/m1/s1. The predicted molar refractivity (Wildman–Crippen MR) is 148 cm³/mol. The van der Waals surface area contributed by atoms with Gasteiger partial charge >= 0.3 is 0 Å². The molecule has 222 valence electrons. The van der Waals surface area contributed by atoms with Gasteiger partial charge in [0, 0.05) is 19.7 Å². The van der Waals surface area contributed by atoms with Crippen molar-refractivity contribution >= 4 is 17.7 Å². The topological polar surface area (TPSA) is 138 Å². The van der Waals surface area contributed by atoms with E-state index < -0.39 is 23.8 Å².